The van der Waals surface area contributed by atoms with Crippen molar-refractivity contribution in [1.29, 1.82) is 0 Å². The predicted molar refractivity (Wildman–Crippen MR) is 422 cm³/mol. The van der Waals surface area contributed by atoms with Crippen LogP contribution in [0.2, 0.25) is 0 Å². The highest BCUT2D eigenvalue weighted by atomic mass is 32.2. The molecule has 126 heavy (non-hydrogen) atoms. The number of aromatic nitrogens is 6. The van der Waals surface area contributed by atoms with E-state index in [1.54, 1.807) is 33.5 Å². The maximum absolute atomic E-state index is 13.9. The van der Waals surface area contributed by atoms with Gasteiger partial charge in [0.2, 0.25) is 17.7 Å². The number of thioether (sulfide) groups is 1. The number of rotatable bonds is 44. The number of nitrogens with zero attached hydrogens (tertiary/aromatic N) is 6. The van der Waals surface area contributed by atoms with Crippen LogP contribution in [0.3, 0.4) is 0 Å². The average Bonchev–Trinajstić information content (AvgIpc) is 1.02. The summed E-state index contributed by atoms with van der Waals surface area (Å²) >= 11 is 1.77. The number of fused-ring (bicyclic) bond motifs is 1. The van der Waals surface area contributed by atoms with Crippen LogP contribution in [0.25, 0.3) is 0 Å². The summed E-state index contributed by atoms with van der Waals surface area (Å²) in [7, 11) is 0. The molecule has 8 aliphatic heterocycles. The number of urea groups is 1. The first kappa shape index (κ1) is 99.8. The Morgan fingerprint density at radius 2 is 0.833 bits per heavy atom. The number of unbranched alkanes of at least 4 members (excludes halogenated alkanes) is 7. The van der Waals surface area contributed by atoms with Gasteiger partial charge in [0.25, 0.3) is 11.8 Å². The molecular weight excluding hydrogens is 1700 g/mol. The van der Waals surface area contributed by atoms with Crippen molar-refractivity contribution < 1.29 is 178 Å². The molecule has 25 N–H and O–H groups in total. The van der Waals surface area contributed by atoms with Crippen LogP contribution in [0.1, 0.15) is 123 Å². The highest BCUT2D eigenvalue weighted by Gasteiger charge is 2.57. The lowest BCUT2D eigenvalue weighted by Crippen LogP contribution is -2.68. The fourth-order valence-electron chi connectivity index (χ4n) is 16.1. The van der Waals surface area contributed by atoms with Gasteiger partial charge in [-0.2, -0.15) is 11.8 Å². The topological polar surface area (TPSA) is 723 Å². The zero-order chi connectivity index (χ0) is 90.7. The van der Waals surface area contributed by atoms with E-state index in [0.29, 0.717) is 88.7 Å². The van der Waals surface area contributed by atoms with E-state index < -0.39 is 247 Å². The predicted octanol–water partition coefficient (Wildman–Crippen LogP) is -10.3. The number of benzene rings is 1. The molecule has 11 rings (SSSR count). The summed E-state index contributed by atoms with van der Waals surface area (Å²) in [5, 5.41) is 229. The van der Waals surface area contributed by atoms with E-state index in [-0.39, 0.29) is 78.8 Å². The van der Waals surface area contributed by atoms with Crippen LogP contribution in [0.15, 0.2) is 30.6 Å². The fraction of sp³-hybridized carbons (Fsp3) is 0.789. The zero-order valence-corrected chi connectivity index (χ0v) is 69.9. The number of hydrogen-bond donors (Lipinski definition) is 25. The molecule has 8 fully saturated rings. The molecule has 49 nitrogen and oxygen atoms in total. The third-order valence-electron chi connectivity index (χ3n) is 22.9. The van der Waals surface area contributed by atoms with Crippen LogP contribution in [0.5, 0.6) is 0 Å². The summed E-state index contributed by atoms with van der Waals surface area (Å²) in [4.78, 5) is 77.2. The summed E-state index contributed by atoms with van der Waals surface area (Å²) in [5.74, 6) is -2.11. The highest BCUT2D eigenvalue weighted by molar-refractivity contribution is 8.00. The number of aryl methyl sites for hydroxylation is 2. The lowest BCUT2D eigenvalue weighted by molar-refractivity contribution is -0.374. The van der Waals surface area contributed by atoms with E-state index in [2.05, 4.69) is 57.8 Å². The number of carbonyl (C=O) groups excluding carboxylic acids is 6. The van der Waals surface area contributed by atoms with Crippen LogP contribution in [0.4, 0.5) is 10.5 Å². The Labute approximate surface area is 725 Å². The molecule has 0 aliphatic carbocycles. The summed E-state index contributed by atoms with van der Waals surface area (Å²) in [6, 6.07) is 1.23. The van der Waals surface area contributed by atoms with Crippen molar-refractivity contribution >= 4 is 53.0 Å². The smallest absolute Gasteiger partial charge is 0.315 e. The number of aliphatic hydroxyl groups is 18. The van der Waals surface area contributed by atoms with Gasteiger partial charge in [-0.25, -0.2) is 4.79 Å². The number of nitrogens with one attached hydrogen (secondary N) is 7. The normalized spacial score (nSPS) is 36.4. The zero-order valence-electron chi connectivity index (χ0n) is 69.1. The van der Waals surface area contributed by atoms with Crippen LogP contribution < -0.4 is 37.2 Å². The van der Waals surface area contributed by atoms with E-state index in [1.807, 2.05) is 0 Å². The van der Waals surface area contributed by atoms with E-state index in [4.69, 9.17) is 56.8 Å². The number of aliphatic hydroxyl groups excluding tert-OH is 18. The Kier molecular flexibility index (Phi) is 37.5. The number of hydrogen-bond acceptors (Lipinski definition) is 41. The van der Waals surface area contributed by atoms with Crippen molar-refractivity contribution in [3.8, 4) is 0 Å². The van der Waals surface area contributed by atoms with Gasteiger partial charge in [0.15, 0.2) is 37.7 Å². The number of amides is 7. The molecule has 0 spiro atoms. The van der Waals surface area contributed by atoms with Gasteiger partial charge in [0.05, 0.1) is 77.2 Å². The van der Waals surface area contributed by atoms with Gasteiger partial charge >= 0.3 is 6.03 Å². The van der Waals surface area contributed by atoms with Crippen molar-refractivity contribution in [2.45, 2.75) is 319 Å². The van der Waals surface area contributed by atoms with Crippen molar-refractivity contribution in [3.05, 3.63) is 53.1 Å². The maximum atomic E-state index is 13.9. The molecule has 8 aliphatic rings. The second-order valence-corrected chi connectivity index (χ2v) is 33.5. The van der Waals surface area contributed by atoms with Crippen molar-refractivity contribution in [1.82, 2.24) is 61.9 Å². The number of carbonyl (C=O) groups is 6. The van der Waals surface area contributed by atoms with Gasteiger partial charge in [0, 0.05) is 74.4 Å². The summed E-state index contributed by atoms with van der Waals surface area (Å²) in [6.45, 7) is -1.93. The summed E-state index contributed by atoms with van der Waals surface area (Å²) < 4.78 is 72.1. The van der Waals surface area contributed by atoms with Crippen LogP contribution in [0, 0.1) is 0 Å². The first-order chi connectivity index (χ1) is 60.4. The standard InChI is InChI=1S/C76H119N13O36S/c1-33(96)79-50-54(101)52(99)41(26-90)116-70(50)122-64-45(30-94)120-74(62(109)58(64)105)124-66-43(28-92)118-72(60(107)56(66)103)114-17-11-5-3-9-15-88-24-38(84-86-88)22-77-68(111)35-19-36(21-37(20-35)81-48(98)14-8-7-13-47-49-40(32-126-47)82-76(113)83-49)69(112)78-23-39-25-89(87-85-39)16-10-4-6-12-18-115-73-61(108)57(104)67(44(29-93)119-73)125-75-63(110)59(106)65(46(31-95)121-75)123-71-51(80-34(2)97)55(102)53(100)42(27-91)117-71/h19-21,24-25,40-47,49-67,70-75,90-95,99-110H,3-18,22-23,26-32H2,1-2H3,(H,77,111)(H,78,112)(H,79,96)(H,80,97)(H,81,98)(H2,82,83,113)/t40-,41+,42+,43+,44+,45+,46+,47-,49-,50+,51+,52-,53-,54+,55+,56+,57+,58+,59+,60+,61+,62+,63+,64-,65-,66+,67+,70+,71+,72+,73+,74-,75-/m0/s1. The monoisotopic (exact) mass is 1820 g/mol. The molecule has 0 saturated carbocycles. The molecule has 8 saturated heterocycles. The SMILES string of the molecule is CC(=O)N[C@H]1[C@@H](O[C@@H]2[C@H](O)[C@@H](O)[C@H](O[C@H]3[C@H](O)[C@@H](O)[C@H](OCCCCCCn4cc(CNC(=O)c5cc(NC(=O)CCCC[C@@H]6SC[C@@H]7NC(=O)N[C@@H]76)cc(C(=O)NCc6cn(CCCCCCO[C@@H]7O[C@H](CO)[C@@H](O[C@@H]8O[C@H](CO)[C@H](O[C@H]9O[C@H](CO)[C@H](O)[C@H](O)[C@H]9NC(C)=O)[C@H](O)[C@H]8O)[C@H](O)[C@H]7O)nn6)c5)nn4)O[C@@H]3CO)O[C@@H]2CO)O[C@H](CO)[C@H](O)[C@@H]1O. The minimum atomic E-state index is -2.00. The molecule has 1 aromatic carbocycles. The minimum absolute atomic E-state index is 0.0135. The van der Waals surface area contributed by atoms with Gasteiger partial charge in [-0.1, -0.05) is 42.5 Å². The van der Waals surface area contributed by atoms with Crippen molar-refractivity contribution in [2.75, 3.05) is 63.9 Å². The molecule has 7 amide bonds. The van der Waals surface area contributed by atoms with E-state index in [0.717, 1.165) is 26.0 Å². The van der Waals surface area contributed by atoms with E-state index in [9.17, 15) is 121 Å². The second kappa shape index (κ2) is 47.4. The van der Waals surface area contributed by atoms with Gasteiger partial charge in [-0.15, -0.1) is 10.2 Å². The lowest BCUT2D eigenvalue weighted by atomic mass is 9.95. The molecule has 50 heteroatoms. The third kappa shape index (κ3) is 25.5. The second-order valence-electron chi connectivity index (χ2n) is 32.2. The van der Waals surface area contributed by atoms with Crippen molar-refractivity contribution in [2.24, 2.45) is 0 Å². The molecule has 0 bridgehead atoms. The largest absolute Gasteiger partial charge is 0.394 e. The van der Waals surface area contributed by atoms with Gasteiger partial charge in [-0.3, -0.25) is 33.3 Å². The quantitative estimate of drug-likeness (QED) is 0.0185. The van der Waals surface area contributed by atoms with Gasteiger partial charge < -0.3 is 186 Å². The Hall–Kier alpha value is -6.73. The molecular formula is C76H119N13O36S. The molecule has 2 aromatic heterocycles. The maximum Gasteiger partial charge on any atom is 0.315 e. The molecule has 0 unspecified atom stereocenters. The van der Waals surface area contributed by atoms with E-state index >= 15 is 0 Å². The lowest BCUT2D eigenvalue weighted by Gasteiger charge is -2.48. The molecule has 0 radical (unpaired) electrons. The summed E-state index contributed by atoms with van der Waals surface area (Å²) in [6.07, 6.45) is -36.8. The number of anilines is 1. The first-order valence-corrected chi connectivity index (χ1v) is 43.1. The molecule has 3 aromatic rings. The summed E-state index contributed by atoms with van der Waals surface area (Å²) in [5.41, 5.74) is 1.06. The first-order valence-electron chi connectivity index (χ1n) is 42.1. The van der Waals surface area contributed by atoms with Crippen LogP contribution in [-0.2, 0) is 97.4 Å². The van der Waals surface area contributed by atoms with Crippen LogP contribution >= 0.6 is 11.8 Å². The third-order valence-corrected chi connectivity index (χ3v) is 24.4. The minimum Gasteiger partial charge on any atom is -0.394 e. The Morgan fingerprint density at radius 3 is 1.24 bits per heavy atom. The number of ether oxygens (including phenoxy) is 12. The van der Waals surface area contributed by atoms with Crippen LogP contribution in [-0.4, -0.2) is 418 Å². The average molecular weight is 1820 g/mol. The molecule has 10 heterocycles. The Morgan fingerprint density at radius 1 is 0.452 bits per heavy atom. The Balaban J connectivity index is 0.594. The molecule has 710 valence electrons. The Bertz CT molecular complexity index is 3740. The molecule has 33 atom stereocenters. The van der Waals surface area contributed by atoms with Crippen molar-refractivity contribution in [3.63, 3.8) is 0 Å². The van der Waals surface area contributed by atoms with Gasteiger partial charge in [-0.05, 0) is 56.7 Å². The van der Waals surface area contributed by atoms with E-state index in [1.165, 1.54) is 18.2 Å². The highest BCUT2D eigenvalue weighted by Crippen LogP contribution is 2.38. The fourth-order valence-corrected chi connectivity index (χ4v) is 17.6. The van der Waals surface area contributed by atoms with Gasteiger partial charge in [0.1, 0.15) is 158 Å².